The highest BCUT2D eigenvalue weighted by Gasteiger charge is 2.19. The molecular weight excluding hydrogens is 246 g/mol. The van der Waals surface area contributed by atoms with Crippen LogP contribution in [-0.4, -0.2) is 43.6 Å². The molecule has 0 spiro atoms. The van der Waals surface area contributed by atoms with Crippen molar-refractivity contribution in [1.82, 2.24) is 5.32 Å². The Morgan fingerprint density at radius 3 is 2.38 bits per heavy atom. The van der Waals surface area contributed by atoms with E-state index in [-0.39, 0.29) is 5.75 Å². The monoisotopic (exact) mass is 265 g/mol. The summed E-state index contributed by atoms with van der Waals surface area (Å²) in [6.07, 6.45) is -0.695. The van der Waals surface area contributed by atoms with Gasteiger partial charge >= 0.3 is 12.1 Å². The van der Waals surface area contributed by atoms with E-state index in [1.54, 1.807) is 0 Å². The first kappa shape index (κ1) is 15.3. The minimum atomic E-state index is -1.23. The normalized spacial score (nSPS) is 13.0. The molecule has 5 nitrogen and oxygen atoms in total. The molecule has 7 heteroatoms. The van der Waals surface area contributed by atoms with Crippen LogP contribution in [0.4, 0.5) is 4.79 Å². The fourth-order valence-electron chi connectivity index (χ4n) is 0.819. The number of carbonyl (C=O) groups excluding carboxylic acids is 1. The summed E-state index contributed by atoms with van der Waals surface area (Å²) in [6, 6.07) is -0.137. The number of aliphatic carboxylic acids is 1. The molecule has 0 aromatic carbocycles. The molecule has 0 saturated carbocycles. The zero-order valence-electron chi connectivity index (χ0n) is 9.82. The number of hydrogen-bond acceptors (Lipinski definition) is 4. The van der Waals surface area contributed by atoms with Gasteiger partial charge in [-0.15, -0.1) is 0 Å². The summed E-state index contributed by atoms with van der Waals surface area (Å²) in [6.45, 7) is 6.84. The number of amides is 1. The molecule has 0 fully saturated rings. The molecule has 0 heterocycles. The summed E-state index contributed by atoms with van der Waals surface area (Å²) < 4.78 is 4.89. The van der Waals surface area contributed by atoms with Gasteiger partial charge in [-0.3, -0.25) is 0 Å². The number of alkyl carbamates (subject to hydrolysis) is 1. The number of hydrogen-bond donors (Lipinski definition) is 3. The van der Waals surface area contributed by atoms with Crippen molar-refractivity contribution in [2.45, 2.75) is 31.7 Å². The standard InChI is InChI=1S/C9H19NO4SSi/c1-16(2,3)5-4-14-9(13)10-7(6-15)8(11)12/h7,15H,4-6H2,1-3H3,(H,10,13)(H,11,12). The molecule has 1 unspecified atom stereocenters. The lowest BCUT2D eigenvalue weighted by atomic mass is 10.3. The molecule has 0 aromatic heterocycles. The summed E-state index contributed by atoms with van der Waals surface area (Å²) in [4.78, 5) is 21.8. The highest BCUT2D eigenvalue weighted by atomic mass is 32.1. The predicted octanol–water partition coefficient (Wildman–Crippen LogP) is 1.43. The van der Waals surface area contributed by atoms with Crippen LogP contribution in [0.1, 0.15) is 0 Å². The molecule has 0 aliphatic heterocycles. The summed E-state index contributed by atoms with van der Waals surface area (Å²) in [5.41, 5.74) is 0. The van der Waals surface area contributed by atoms with Gasteiger partial charge in [-0.1, -0.05) is 19.6 Å². The number of nitrogens with one attached hydrogen (secondary N) is 1. The molecule has 0 rings (SSSR count). The van der Waals surface area contributed by atoms with Crippen LogP contribution in [0, 0.1) is 0 Å². The molecule has 1 amide bonds. The lowest BCUT2D eigenvalue weighted by molar-refractivity contribution is -0.138. The molecule has 0 aliphatic carbocycles. The number of carboxylic acids is 1. The van der Waals surface area contributed by atoms with Gasteiger partial charge in [0.05, 0.1) is 6.61 Å². The van der Waals surface area contributed by atoms with Crippen LogP contribution < -0.4 is 5.32 Å². The lowest BCUT2D eigenvalue weighted by Gasteiger charge is -2.16. The fraction of sp³-hybridized carbons (Fsp3) is 0.778. The number of carboxylic acid groups (broad SMARTS) is 1. The fourth-order valence-corrected chi connectivity index (χ4v) is 1.78. The van der Waals surface area contributed by atoms with Crippen LogP contribution in [0.2, 0.25) is 25.7 Å². The van der Waals surface area contributed by atoms with Gasteiger partial charge < -0.3 is 15.2 Å². The number of ether oxygens (including phenoxy) is 1. The van der Waals surface area contributed by atoms with E-state index in [9.17, 15) is 9.59 Å². The zero-order valence-corrected chi connectivity index (χ0v) is 11.7. The largest absolute Gasteiger partial charge is 0.480 e. The van der Waals surface area contributed by atoms with Crippen molar-refractivity contribution in [3.63, 3.8) is 0 Å². The molecule has 2 N–H and O–H groups in total. The quantitative estimate of drug-likeness (QED) is 0.502. The Morgan fingerprint density at radius 1 is 1.44 bits per heavy atom. The van der Waals surface area contributed by atoms with Gasteiger partial charge in [-0.2, -0.15) is 12.6 Å². The van der Waals surface area contributed by atoms with Crippen molar-refractivity contribution < 1.29 is 19.4 Å². The third-order valence-electron chi connectivity index (χ3n) is 1.86. The second-order valence-electron chi connectivity index (χ2n) is 4.66. The van der Waals surface area contributed by atoms with Crippen molar-refractivity contribution >= 4 is 32.8 Å². The molecule has 94 valence electrons. The molecular formula is C9H19NO4SSi. The van der Waals surface area contributed by atoms with E-state index in [0.717, 1.165) is 6.04 Å². The minimum Gasteiger partial charge on any atom is -0.480 e. The van der Waals surface area contributed by atoms with Gasteiger partial charge in [-0.05, 0) is 6.04 Å². The van der Waals surface area contributed by atoms with Gasteiger partial charge in [0.2, 0.25) is 0 Å². The average molecular weight is 265 g/mol. The maximum Gasteiger partial charge on any atom is 0.407 e. The topological polar surface area (TPSA) is 75.6 Å². The number of carbonyl (C=O) groups is 2. The van der Waals surface area contributed by atoms with Crippen LogP contribution >= 0.6 is 12.6 Å². The van der Waals surface area contributed by atoms with E-state index < -0.39 is 26.2 Å². The van der Waals surface area contributed by atoms with Crippen molar-refractivity contribution in [2.75, 3.05) is 12.4 Å². The van der Waals surface area contributed by atoms with Gasteiger partial charge in [0, 0.05) is 13.8 Å². The van der Waals surface area contributed by atoms with E-state index in [4.69, 9.17) is 9.84 Å². The average Bonchev–Trinajstić information content (AvgIpc) is 2.11. The molecule has 0 saturated heterocycles. The van der Waals surface area contributed by atoms with Crippen LogP contribution in [0.15, 0.2) is 0 Å². The summed E-state index contributed by atoms with van der Waals surface area (Å²) >= 11 is 3.82. The third-order valence-corrected chi connectivity index (χ3v) is 3.93. The van der Waals surface area contributed by atoms with Crippen LogP contribution in [-0.2, 0) is 9.53 Å². The van der Waals surface area contributed by atoms with Gasteiger partial charge in [0.15, 0.2) is 0 Å². The Hall–Kier alpha value is -0.693. The highest BCUT2D eigenvalue weighted by molar-refractivity contribution is 7.80. The second-order valence-corrected chi connectivity index (χ2v) is 10.7. The van der Waals surface area contributed by atoms with E-state index in [1.807, 2.05) is 0 Å². The maximum absolute atomic E-state index is 11.2. The molecule has 1 atom stereocenters. The second kappa shape index (κ2) is 6.80. The zero-order chi connectivity index (χ0) is 12.8. The highest BCUT2D eigenvalue weighted by Crippen LogP contribution is 2.07. The molecule has 16 heavy (non-hydrogen) atoms. The number of rotatable bonds is 6. The first-order valence-corrected chi connectivity index (χ1v) is 9.37. The number of thiol groups is 1. The van der Waals surface area contributed by atoms with Crippen molar-refractivity contribution in [3.8, 4) is 0 Å². The Kier molecular flexibility index (Phi) is 6.50. The van der Waals surface area contributed by atoms with Crippen LogP contribution in [0.5, 0.6) is 0 Å². The van der Waals surface area contributed by atoms with E-state index in [0.29, 0.717) is 6.61 Å². The SMILES string of the molecule is C[Si](C)(C)CCOC(=O)NC(CS)C(=O)O. The first-order chi connectivity index (χ1) is 7.26. The van der Waals surface area contributed by atoms with Crippen LogP contribution in [0.3, 0.4) is 0 Å². The van der Waals surface area contributed by atoms with Crippen molar-refractivity contribution in [3.05, 3.63) is 0 Å². The predicted molar refractivity (Wildman–Crippen MR) is 67.9 cm³/mol. The lowest BCUT2D eigenvalue weighted by Crippen LogP contribution is -2.42. The summed E-state index contributed by atoms with van der Waals surface area (Å²) in [5.74, 6) is -1.07. The molecule has 0 aromatic rings. The van der Waals surface area contributed by atoms with Crippen molar-refractivity contribution in [2.24, 2.45) is 0 Å². The smallest absolute Gasteiger partial charge is 0.407 e. The Labute approximate surface area is 102 Å². The summed E-state index contributed by atoms with van der Waals surface area (Å²) in [5, 5.41) is 10.9. The van der Waals surface area contributed by atoms with Gasteiger partial charge in [0.25, 0.3) is 0 Å². The molecule has 0 aliphatic rings. The Balaban J connectivity index is 3.86. The molecule has 0 bridgehead atoms. The van der Waals surface area contributed by atoms with E-state index >= 15 is 0 Å². The van der Waals surface area contributed by atoms with Gasteiger partial charge in [0.1, 0.15) is 6.04 Å². The van der Waals surface area contributed by atoms with E-state index in [1.165, 1.54) is 0 Å². The first-order valence-electron chi connectivity index (χ1n) is 5.03. The Bertz CT molecular complexity index is 254. The molecule has 0 radical (unpaired) electrons. The summed E-state index contributed by atoms with van der Waals surface area (Å²) in [7, 11) is -1.23. The maximum atomic E-state index is 11.2. The van der Waals surface area contributed by atoms with E-state index in [2.05, 4.69) is 37.6 Å². The van der Waals surface area contributed by atoms with Gasteiger partial charge in [-0.25, -0.2) is 9.59 Å². The van der Waals surface area contributed by atoms with Crippen LogP contribution in [0.25, 0.3) is 0 Å². The Morgan fingerprint density at radius 2 is 2.00 bits per heavy atom. The third kappa shape index (κ3) is 7.58. The minimum absolute atomic E-state index is 0.0401. The van der Waals surface area contributed by atoms with Crippen molar-refractivity contribution in [1.29, 1.82) is 0 Å².